The Bertz CT molecular complexity index is 1050. The minimum atomic E-state index is -0.478. The second kappa shape index (κ2) is 10.1. The van der Waals surface area contributed by atoms with E-state index >= 15 is 0 Å². The van der Waals surface area contributed by atoms with E-state index in [1.807, 2.05) is 18.2 Å². The van der Waals surface area contributed by atoms with E-state index in [2.05, 4.69) is 20.2 Å². The predicted molar refractivity (Wildman–Crippen MR) is 118 cm³/mol. The van der Waals surface area contributed by atoms with Gasteiger partial charge in [0.25, 0.3) is 0 Å². The minimum absolute atomic E-state index is 0.0321. The minimum Gasteiger partial charge on any atom is -0.497 e. The summed E-state index contributed by atoms with van der Waals surface area (Å²) < 4.78 is 30.1. The molecule has 164 valence electrons. The van der Waals surface area contributed by atoms with Crippen LogP contribution in [0.4, 0.5) is 15.9 Å². The number of hydrogen-bond acceptors (Lipinski definition) is 7. The predicted octanol–water partition coefficient (Wildman–Crippen LogP) is 4.28. The molecule has 9 heteroatoms. The van der Waals surface area contributed by atoms with Gasteiger partial charge in [0.15, 0.2) is 0 Å². The zero-order valence-electron chi connectivity index (χ0n) is 17.2. The van der Waals surface area contributed by atoms with Gasteiger partial charge in [0.05, 0.1) is 37.5 Å². The molecule has 7 nitrogen and oxygen atoms in total. The molecule has 0 amide bonds. The number of hydrogen-bond donors (Lipinski definition) is 1. The van der Waals surface area contributed by atoms with Crippen LogP contribution >= 0.6 is 11.6 Å². The number of aromatic nitrogens is 2. The number of nitrogens with one attached hydrogen (secondary N) is 1. The highest BCUT2D eigenvalue weighted by Gasteiger charge is 2.13. The van der Waals surface area contributed by atoms with Gasteiger partial charge in [0, 0.05) is 36.8 Å². The standard InChI is InChI=1S/C22H24ClFN4O3/c1-29-16-4-5-17-20(14-16)26-22(31-10-2-7-28-8-11-30-12-9-28)27-21(17)25-15-3-6-19(24)18(23)13-15/h3-6,13-14H,2,7-12H2,1H3,(H,25,26,27). The Kier molecular flexibility index (Phi) is 7.01. The van der Waals surface area contributed by atoms with Crippen LogP contribution in [-0.4, -0.2) is 61.4 Å². The molecule has 1 fully saturated rings. The van der Waals surface area contributed by atoms with Crippen molar-refractivity contribution in [1.29, 1.82) is 0 Å². The molecule has 0 radical (unpaired) electrons. The van der Waals surface area contributed by atoms with Gasteiger partial charge in [-0.1, -0.05) is 11.6 Å². The topological polar surface area (TPSA) is 68.7 Å². The number of benzene rings is 2. The molecule has 31 heavy (non-hydrogen) atoms. The summed E-state index contributed by atoms with van der Waals surface area (Å²) in [5.74, 6) is 0.743. The van der Waals surface area contributed by atoms with E-state index in [-0.39, 0.29) is 11.0 Å². The van der Waals surface area contributed by atoms with Gasteiger partial charge in [-0.05, 0) is 36.8 Å². The second-order valence-electron chi connectivity index (χ2n) is 7.15. The fraction of sp³-hybridized carbons (Fsp3) is 0.364. The van der Waals surface area contributed by atoms with Gasteiger partial charge in [-0.3, -0.25) is 4.90 Å². The molecular formula is C22H24ClFN4O3. The molecule has 0 unspecified atom stereocenters. The molecule has 0 bridgehead atoms. The van der Waals surface area contributed by atoms with Crippen LogP contribution in [0.1, 0.15) is 6.42 Å². The van der Waals surface area contributed by atoms with Crippen LogP contribution in [0.5, 0.6) is 11.8 Å². The third-order valence-corrected chi connectivity index (χ3v) is 5.31. The third kappa shape index (κ3) is 5.52. The highest BCUT2D eigenvalue weighted by molar-refractivity contribution is 6.31. The molecule has 1 N–H and O–H groups in total. The normalized spacial score (nSPS) is 14.5. The first-order chi connectivity index (χ1) is 15.1. The molecule has 0 saturated carbocycles. The summed E-state index contributed by atoms with van der Waals surface area (Å²) in [6.07, 6.45) is 0.857. The highest BCUT2D eigenvalue weighted by Crippen LogP contribution is 2.30. The third-order valence-electron chi connectivity index (χ3n) is 5.02. The van der Waals surface area contributed by atoms with Crippen molar-refractivity contribution in [2.45, 2.75) is 6.42 Å². The van der Waals surface area contributed by atoms with Crippen molar-refractivity contribution in [1.82, 2.24) is 14.9 Å². The Morgan fingerprint density at radius 1 is 1.16 bits per heavy atom. The maximum absolute atomic E-state index is 13.5. The smallest absolute Gasteiger partial charge is 0.318 e. The number of halogens is 2. The Balaban J connectivity index is 1.52. The van der Waals surface area contributed by atoms with Crippen LogP contribution in [0.2, 0.25) is 5.02 Å². The SMILES string of the molecule is COc1ccc2c(Nc3ccc(F)c(Cl)c3)nc(OCCCN3CCOCC3)nc2c1. The first kappa shape index (κ1) is 21.5. The lowest BCUT2D eigenvalue weighted by Gasteiger charge is -2.26. The first-order valence-electron chi connectivity index (χ1n) is 10.1. The number of ether oxygens (including phenoxy) is 3. The summed E-state index contributed by atoms with van der Waals surface area (Å²) in [6.45, 7) is 4.87. The molecule has 0 atom stereocenters. The van der Waals surface area contributed by atoms with Crippen LogP contribution in [0.3, 0.4) is 0 Å². The number of fused-ring (bicyclic) bond motifs is 1. The zero-order chi connectivity index (χ0) is 21.6. The molecule has 2 heterocycles. The summed E-state index contributed by atoms with van der Waals surface area (Å²) in [4.78, 5) is 11.4. The zero-order valence-corrected chi connectivity index (χ0v) is 18.0. The van der Waals surface area contributed by atoms with E-state index in [1.165, 1.54) is 12.1 Å². The Morgan fingerprint density at radius 2 is 2.00 bits per heavy atom. The lowest BCUT2D eigenvalue weighted by atomic mass is 10.2. The second-order valence-corrected chi connectivity index (χ2v) is 7.55. The molecule has 1 aliphatic rings. The number of morpholine rings is 1. The van der Waals surface area contributed by atoms with E-state index in [0.29, 0.717) is 29.4 Å². The Hall–Kier alpha value is -2.68. The molecule has 0 spiro atoms. The van der Waals surface area contributed by atoms with Crippen molar-refractivity contribution in [2.24, 2.45) is 0 Å². The number of methoxy groups -OCH3 is 1. The van der Waals surface area contributed by atoms with Crippen molar-refractivity contribution in [3.05, 3.63) is 47.2 Å². The maximum atomic E-state index is 13.5. The molecular weight excluding hydrogens is 423 g/mol. The molecule has 3 aromatic rings. The van der Waals surface area contributed by atoms with Crippen LogP contribution in [0, 0.1) is 5.82 Å². The average molecular weight is 447 g/mol. The van der Waals surface area contributed by atoms with Gasteiger partial charge in [-0.15, -0.1) is 0 Å². The summed E-state index contributed by atoms with van der Waals surface area (Å²) in [6, 6.07) is 10.2. The largest absolute Gasteiger partial charge is 0.497 e. The maximum Gasteiger partial charge on any atom is 0.318 e. The highest BCUT2D eigenvalue weighted by atomic mass is 35.5. The van der Waals surface area contributed by atoms with Crippen LogP contribution < -0.4 is 14.8 Å². The summed E-state index contributed by atoms with van der Waals surface area (Å²) in [7, 11) is 1.60. The summed E-state index contributed by atoms with van der Waals surface area (Å²) >= 11 is 5.92. The molecule has 4 rings (SSSR count). The monoisotopic (exact) mass is 446 g/mol. The van der Waals surface area contributed by atoms with Gasteiger partial charge < -0.3 is 19.5 Å². The van der Waals surface area contributed by atoms with E-state index in [0.717, 1.165) is 44.7 Å². The van der Waals surface area contributed by atoms with Gasteiger partial charge in [0.2, 0.25) is 0 Å². The fourth-order valence-electron chi connectivity index (χ4n) is 3.36. The van der Waals surface area contributed by atoms with Crippen LogP contribution in [-0.2, 0) is 4.74 Å². The number of nitrogens with zero attached hydrogens (tertiary/aromatic N) is 3. The van der Waals surface area contributed by atoms with Crippen molar-refractivity contribution in [3.8, 4) is 11.8 Å². The van der Waals surface area contributed by atoms with Crippen LogP contribution in [0.15, 0.2) is 36.4 Å². The van der Waals surface area contributed by atoms with E-state index < -0.39 is 5.82 Å². The van der Waals surface area contributed by atoms with Gasteiger partial charge in [-0.25, -0.2) is 4.39 Å². The quantitative estimate of drug-likeness (QED) is 0.518. The van der Waals surface area contributed by atoms with Gasteiger partial charge in [0.1, 0.15) is 17.4 Å². The van der Waals surface area contributed by atoms with E-state index in [1.54, 1.807) is 13.2 Å². The molecule has 1 aromatic heterocycles. The van der Waals surface area contributed by atoms with Gasteiger partial charge in [-0.2, -0.15) is 9.97 Å². The van der Waals surface area contributed by atoms with E-state index in [9.17, 15) is 4.39 Å². The van der Waals surface area contributed by atoms with Crippen molar-refractivity contribution >= 4 is 34.0 Å². The Labute approximate surface area is 185 Å². The summed E-state index contributed by atoms with van der Waals surface area (Å²) in [5.41, 5.74) is 1.29. The molecule has 1 aliphatic heterocycles. The van der Waals surface area contributed by atoms with Crippen molar-refractivity contribution in [2.75, 3.05) is 51.9 Å². The van der Waals surface area contributed by atoms with E-state index in [4.69, 9.17) is 25.8 Å². The van der Waals surface area contributed by atoms with Gasteiger partial charge >= 0.3 is 6.01 Å². The molecule has 1 saturated heterocycles. The first-order valence-corrected chi connectivity index (χ1v) is 10.5. The lowest BCUT2D eigenvalue weighted by molar-refractivity contribution is 0.0356. The van der Waals surface area contributed by atoms with Crippen molar-refractivity contribution < 1.29 is 18.6 Å². The number of rotatable bonds is 8. The van der Waals surface area contributed by atoms with Crippen molar-refractivity contribution in [3.63, 3.8) is 0 Å². The summed E-state index contributed by atoms with van der Waals surface area (Å²) in [5, 5.41) is 4.00. The number of anilines is 2. The fourth-order valence-corrected chi connectivity index (χ4v) is 3.54. The Morgan fingerprint density at radius 3 is 2.77 bits per heavy atom. The average Bonchev–Trinajstić information content (AvgIpc) is 2.79. The van der Waals surface area contributed by atoms with Crippen LogP contribution in [0.25, 0.3) is 10.9 Å². The molecule has 2 aromatic carbocycles. The molecule has 0 aliphatic carbocycles. The lowest BCUT2D eigenvalue weighted by Crippen LogP contribution is -2.37.